The van der Waals surface area contributed by atoms with Crippen LogP contribution in [-0.2, 0) is 0 Å². The summed E-state index contributed by atoms with van der Waals surface area (Å²) < 4.78 is 36.9. The van der Waals surface area contributed by atoms with Gasteiger partial charge in [0.15, 0.2) is 5.69 Å². The van der Waals surface area contributed by atoms with Gasteiger partial charge in [-0.05, 0) is 0 Å². The maximum Gasteiger partial charge on any atom is 0.330 e. The van der Waals surface area contributed by atoms with E-state index in [4.69, 9.17) is 0 Å². The number of hydrogen-bond acceptors (Lipinski definition) is 3. The van der Waals surface area contributed by atoms with Crippen LogP contribution in [0, 0.1) is 15.9 Å². The van der Waals surface area contributed by atoms with Gasteiger partial charge in [-0.2, -0.15) is 4.39 Å². The number of nitrogens with one attached hydrogen (secondary N) is 1. The molecular weight excluding hydrogens is 205 g/mol. The zero-order chi connectivity index (χ0) is 10.9. The van der Waals surface area contributed by atoms with E-state index >= 15 is 0 Å². The fourth-order valence-corrected chi connectivity index (χ4v) is 0.884. The third-order valence-electron chi connectivity index (χ3n) is 1.40. The van der Waals surface area contributed by atoms with Gasteiger partial charge >= 0.3 is 5.69 Å². The maximum atomic E-state index is 12.7. The minimum absolute atomic E-state index is 0.240. The van der Waals surface area contributed by atoms with E-state index in [9.17, 15) is 28.1 Å². The molecule has 0 fully saturated rings. The Bertz CT molecular complexity index is 429. The SMILES string of the molecule is O=c1cc(F)c([N+](=O)[O-])c(C(F)F)[nH]1. The van der Waals surface area contributed by atoms with Crippen molar-refractivity contribution in [3.63, 3.8) is 0 Å². The first-order chi connectivity index (χ1) is 6.43. The van der Waals surface area contributed by atoms with E-state index < -0.39 is 34.1 Å². The van der Waals surface area contributed by atoms with Crippen molar-refractivity contribution in [1.82, 2.24) is 4.98 Å². The molecule has 1 rings (SSSR count). The smallest absolute Gasteiger partial charge is 0.315 e. The quantitative estimate of drug-likeness (QED) is 0.588. The zero-order valence-corrected chi connectivity index (χ0v) is 6.46. The van der Waals surface area contributed by atoms with Crippen LogP contribution >= 0.6 is 0 Å². The minimum atomic E-state index is -3.31. The Hall–Kier alpha value is -1.86. The van der Waals surface area contributed by atoms with Crippen molar-refractivity contribution in [1.29, 1.82) is 0 Å². The van der Waals surface area contributed by atoms with Crippen molar-refractivity contribution in [3.8, 4) is 0 Å². The Morgan fingerprint density at radius 1 is 1.50 bits per heavy atom. The number of aromatic nitrogens is 1. The molecule has 0 amide bonds. The van der Waals surface area contributed by atoms with E-state index in [0.717, 1.165) is 0 Å². The lowest BCUT2D eigenvalue weighted by atomic mass is 10.3. The van der Waals surface area contributed by atoms with Crippen LogP contribution in [0.4, 0.5) is 18.9 Å². The molecule has 0 saturated heterocycles. The number of pyridine rings is 1. The van der Waals surface area contributed by atoms with E-state index in [1.807, 2.05) is 0 Å². The van der Waals surface area contributed by atoms with E-state index in [2.05, 4.69) is 0 Å². The summed E-state index contributed by atoms with van der Waals surface area (Å²) >= 11 is 0. The van der Waals surface area contributed by atoms with E-state index in [-0.39, 0.29) is 6.07 Å². The molecule has 1 N–H and O–H groups in total. The molecular formula is C6H3F3N2O3. The molecule has 0 aliphatic rings. The molecule has 14 heavy (non-hydrogen) atoms. The van der Waals surface area contributed by atoms with Crippen LogP contribution in [0.2, 0.25) is 0 Å². The number of hydrogen-bond donors (Lipinski definition) is 1. The molecule has 0 bridgehead atoms. The van der Waals surface area contributed by atoms with E-state index in [1.54, 1.807) is 0 Å². The van der Waals surface area contributed by atoms with Crippen LogP contribution in [0.3, 0.4) is 0 Å². The summed E-state index contributed by atoms with van der Waals surface area (Å²) in [6.45, 7) is 0. The molecule has 1 heterocycles. The predicted octanol–water partition coefficient (Wildman–Crippen LogP) is 1.36. The van der Waals surface area contributed by atoms with Gasteiger partial charge in [-0.15, -0.1) is 0 Å². The van der Waals surface area contributed by atoms with Crippen molar-refractivity contribution >= 4 is 5.69 Å². The summed E-state index contributed by atoms with van der Waals surface area (Å²) in [4.78, 5) is 20.9. The molecule has 0 atom stereocenters. The summed E-state index contributed by atoms with van der Waals surface area (Å²) in [6.07, 6.45) is -3.31. The predicted molar refractivity (Wildman–Crippen MR) is 38.6 cm³/mol. The van der Waals surface area contributed by atoms with Crippen LogP contribution in [0.5, 0.6) is 0 Å². The Morgan fingerprint density at radius 2 is 2.07 bits per heavy atom. The summed E-state index contributed by atoms with van der Waals surface area (Å²) in [5.74, 6) is -1.57. The van der Waals surface area contributed by atoms with Crippen LogP contribution in [-0.4, -0.2) is 9.91 Å². The second-order valence-corrected chi connectivity index (χ2v) is 2.30. The largest absolute Gasteiger partial charge is 0.330 e. The number of aromatic amines is 1. The third kappa shape index (κ3) is 1.73. The molecule has 0 radical (unpaired) electrons. The molecule has 1 aromatic heterocycles. The molecule has 76 valence electrons. The van der Waals surface area contributed by atoms with E-state index in [1.165, 1.54) is 4.98 Å². The molecule has 0 aliphatic carbocycles. The van der Waals surface area contributed by atoms with Crippen LogP contribution in [0.1, 0.15) is 12.1 Å². The normalized spacial score (nSPS) is 10.6. The molecule has 0 unspecified atom stereocenters. The first-order valence-corrected chi connectivity index (χ1v) is 3.28. The first kappa shape index (κ1) is 10.2. The Morgan fingerprint density at radius 3 is 2.50 bits per heavy atom. The van der Waals surface area contributed by atoms with Crippen molar-refractivity contribution in [2.24, 2.45) is 0 Å². The van der Waals surface area contributed by atoms with Gasteiger partial charge in [0.25, 0.3) is 12.0 Å². The minimum Gasteiger partial charge on any atom is -0.315 e. The molecule has 5 nitrogen and oxygen atoms in total. The van der Waals surface area contributed by atoms with Gasteiger partial charge in [-0.1, -0.05) is 0 Å². The highest BCUT2D eigenvalue weighted by molar-refractivity contribution is 5.36. The number of H-pyrrole nitrogens is 1. The average Bonchev–Trinajstić information content (AvgIpc) is 2.01. The highest BCUT2D eigenvalue weighted by atomic mass is 19.3. The lowest BCUT2D eigenvalue weighted by Crippen LogP contribution is -2.13. The van der Waals surface area contributed by atoms with Gasteiger partial charge < -0.3 is 4.98 Å². The fraction of sp³-hybridized carbons (Fsp3) is 0.167. The van der Waals surface area contributed by atoms with Crippen LogP contribution in [0.25, 0.3) is 0 Å². The van der Waals surface area contributed by atoms with Gasteiger partial charge in [-0.3, -0.25) is 14.9 Å². The molecule has 0 aromatic carbocycles. The zero-order valence-electron chi connectivity index (χ0n) is 6.46. The number of rotatable bonds is 2. The molecule has 8 heteroatoms. The number of alkyl halides is 2. The second-order valence-electron chi connectivity index (χ2n) is 2.30. The lowest BCUT2D eigenvalue weighted by Gasteiger charge is -2.00. The summed E-state index contributed by atoms with van der Waals surface area (Å²) in [6, 6.07) is 0.240. The average molecular weight is 208 g/mol. The lowest BCUT2D eigenvalue weighted by molar-refractivity contribution is -0.389. The number of nitrogens with zero attached hydrogens (tertiary/aromatic N) is 1. The number of nitro groups is 1. The van der Waals surface area contributed by atoms with E-state index in [0.29, 0.717) is 0 Å². The Balaban J connectivity index is 3.52. The summed E-state index contributed by atoms with van der Waals surface area (Å²) in [7, 11) is 0. The molecule has 0 aliphatic heterocycles. The first-order valence-electron chi connectivity index (χ1n) is 3.28. The Labute approximate surface area is 74.3 Å². The number of halogens is 3. The van der Waals surface area contributed by atoms with Crippen molar-refractivity contribution in [2.45, 2.75) is 6.43 Å². The maximum absolute atomic E-state index is 12.7. The van der Waals surface area contributed by atoms with Crippen molar-refractivity contribution < 1.29 is 18.1 Å². The van der Waals surface area contributed by atoms with Crippen LogP contribution in [0.15, 0.2) is 10.9 Å². The van der Waals surface area contributed by atoms with Crippen molar-refractivity contribution in [3.05, 3.63) is 38.0 Å². The summed E-state index contributed by atoms with van der Waals surface area (Å²) in [5, 5.41) is 10.2. The molecule has 0 spiro atoms. The molecule has 0 saturated carbocycles. The van der Waals surface area contributed by atoms with Gasteiger partial charge in [0.2, 0.25) is 5.82 Å². The third-order valence-corrected chi connectivity index (χ3v) is 1.40. The van der Waals surface area contributed by atoms with Gasteiger partial charge in [0, 0.05) is 6.07 Å². The highest BCUT2D eigenvalue weighted by Crippen LogP contribution is 2.27. The summed E-state index contributed by atoms with van der Waals surface area (Å²) in [5.41, 5.74) is -3.87. The van der Waals surface area contributed by atoms with Gasteiger partial charge in [-0.25, -0.2) is 8.78 Å². The molecule has 1 aromatic rings. The monoisotopic (exact) mass is 208 g/mol. The second kappa shape index (κ2) is 3.48. The standard InChI is InChI=1S/C6H3F3N2O3/c7-2-1-3(12)10-4(6(8)9)5(2)11(13)14/h1,6H,(H,10,12). The topological polar surface area (TPSA) is 76.0 Å². The Kier molecular flexibility index (Phi) is 2.54. The van der Waals surface area contributed by atoms with Crippen molar-refractivity contribution in [2.75, 3.05) is 0 Å². The van der Waals surface area contributed by atoms with Crippen LogP contribution < -0.4 is 5.56 Å². The van der Waals surface area contributed by atoms with Gasteiger partial charge in [0.05, 0.1) is 4.92 Å². The fourth-order valence-electron chi connectivity index (χ4n) is 0.884. The van der Waals surface area contributed by atoms with Gasteiger partial charge in [0.1, 0.15) is 0 Å². The highest BCUT2D eigenvalue weighted by Gasteiger charge is 2.27.